The Balaban J connectivity index is 1.34. The molecule has 352 valence electrons. The molecule has 1 aliphatic rings. The Bertz CT molecular complexity index is 2480. The summed E-state index contributed by atoms with van der Waals surface area (Å²) in [5, 5.41) is 10.2. The molecular weight excluding hydrogens is 887 g/mol. The second kappa shape index (κ2) is 25.3. The van der Waals surface area contributed by atoms with Gasteiger partial charge in [0.2, 0.25) is 6.10 Å². The molecule has 0 bridgehead atoms. The number of ether oxygens (including phenoxy) is 7. The Kier molecular flexibility index (Phi) is 18.3. The molecule has 0 radical (unpaired) electrons. The van der Waals surface area contributed by atoms with Crippen molar-refractivity contribution in [3.63, 3.8) is 0 Å². The minimum Gasteiger partial charge on any atom is -0.481 e. The fourth-order valence-electron chi connectivity index (χ4n) is 7.35. The molecule has 1 heterocycles. The summed E-state index contributed by atoms with van der Waals surface area (Å²) in [5.41, 5.74) is 3.49. The van der Waals surface area contributed by atoms with Crippen LogP contribution in [0, 0.1) is 0 Å². The van der Waals surface area contributed by atoms with Gasteiger partial charge in [0.25, 0.3) is 0 Å². The number of hydrogen-bond acceptors (Lipinski definition) is 12. The van der Waals surface area contributed by atoms with Gasteiger partial charge in [0.15, 0.2) is 36.4 Å². The van der Waals surface area contributed by atoms with Crippen LogP contribution in [0.25, 0.3) is 0 Å². The van der Waals surface area contributed by atoms with Crippen LogP contribution in [0.15, 0.2) is 184 Å². The number of benzene rings is 6. The number of methoxy groups -OCH3 is 2. The lowest BCUT2D eigenvalue weighted by molar-refractivity contribution is -0.161. The van der Waals surface area contributed by atoms with Gasteiger partial charge in [-0.15, -0.1) is 4.53 Å². The van der Waals surface area contributed by atoms with E-state index in [2.05, 4.69) is 0 Å². The van der Waals surface area contributed by atoms with Crippen molar-refractivity contribution < 1.29 is 52.7 Å². The van der Waals surface area contributed by atoms with Crippen LogP contribution in [0.1, 0.15) is 52.0 Å². The second-order valence-electron chi connectivity index (χ2n) is 15.2. The zero-order chi connectivity index (χ0) is 47.4. The summed E-state index contributed by atoms with van der Waals surface area (Å²) in [4.78, 5) is 43.9. The average Bonchev–Trinajstić information content (AvgIpc) is 3.75. The van der Waals surface area contributed by atoms with Crippen molar-refractivity contribution in [2.75, 3.05) is 60.0 Å². The van der Waals surface area contributed by atoms with Crippen LogP contribution in [0.4, 0.5) is 0 Å². The van der Waals surface area contributed by atoms with Crippen molar-refractivity contribution in [3.8, 4) is 11.5 Å². The monoisotopic (exact) mass is 939 g/mol. The maximum absolute atomic E-state index is 14.9. The largest absolute Gasteiger partial charge is 0.481 e. The van der Waals surface area contributed by atoms with Crippen LogP contribution in [-0.2, 0) is 54.3 Å². The van der Waals surface area contributed by atoms with E-state index in [1.807, 2.05) is 152 Å². The van der Waals surface area contributed by atoms with Gasteiger partial charge in [-0.2, -0.15) is 0 Å². The molecule has 1 N–H and O–H groups in total. The first kappa shape index (κ1) is 49.1. The molecule has 0 saturated carbocycles. The van der Waals surface area contributed by atoms with E-state index in [0.717, 1.165) is 27.8 Å². The van der Waals surface area contributed by atoms with E-state index in [4.69, 9.17) is 52.5 Å². The van der Waals surface area contributed by atoms with E-state index in [-0.39, 0.29) is 43.3 Å². The van der Waals surface area contributed by atoms with Gasteiger partial charge in [0.05, 0.1) is 38.6 Å². The van der Waals surface area contributed by atoms with Crippen LogP contribution < -0.4 is 9.47 Å². The van der Waals surface area contributed by atoms with E-state index in [1.165, 1.54) is 0 Å². The standard InChI is InChI=1S/C53H53N3O11S/c1-60-30-32-62-37-64-46-29-28-41(34-47(46)65-38-63-33-31-61-2)50(51(59)66-49(39-18-8-3-9-19-39)40-20-10-4-11-21-40)67-56-68-36-45(35-48(57)58)54-52(68)55-53(42-22-12-5-13-23-42,43-24-14-6-15-25-43)44-26-16-7-17-27-44/h3-29,34,49-50H,30-33,35-38H2,1-2H3,(H,57,58)/t50-,68?/m0/s1. The van der Waals surface area contributed by atoms with E-state index >= 15 is 0 Å². The van der Waals surface area contributed by atoms with Crippen molar-refractivity contribution >= 4 is 33.5 Å². The predicted molar refractivity (Wildman–Crippen MR) is 259 cm³/mol. The third-order valence-corrected chi connectivity index (χ3v) is 12.1. The number of carbonyl (C=O) groups excluding carboxylic acids is 1. The third kappa shape index (κ3) is 13.0. The lowest BCUT2D eigenvalue weighted by atomic mass is 9.77. The molecular formula is C53H53N3O11S. The Labute approximate surface area is 398 Å². The topological polar surface area (TPSA) is 165 Å². The molecule has 2 atom stereocenters. The smallest absolute Gasteiger partial charge is 0.343 e. The molecule has 0 aromatic heterocycles. The van der Waals surface area contributed by atoms with Crippen LogP contribution in [0.2, 0.25) is 0 Å². The first-order valence-electron chi connectivity index (χ1n) is 21.9. The van der Waals surface area contributed by atoms with Gasteiger partial charge < -0.3 is 38.3 Å². The highest BCUT2D eigenvalue weighted by atomic mass is 32.2. The maximum atomic E-state index is 14.9. The molecule has 7 rings (SSSR count). The molecule has 15 heteroatoms. The lowest BCUT2D eigenvalue weighted by Gasteiger charge is -2.32. The number of aliphatic carboxylic acids is 1. The number of rotatable bonds is 25. The average molecular weight is 940 g/mol. The summed E-state index contributed by atoms with van der Waals surface area (Å²) < 4.78 is 44.6. The number of amidine groups is 1. The zero-order valence-electron chi connectivity index (χ0n) is 37.8. The van der Waals surface area contributed by atoms with E-state index in [0.29, 0.717) is 36.8 Å². The molecule has 0 saturated heterocycles. The minimum absolute atomic E-state index is 0.0844. The van der Waals surface area contributed by atoms with Gasteiger partial charge in [-0.25, -0.2) is 19.6 Å². The van der Waals surface area contributed by atoms with Crippen molar-refractivity contribution in [1.29, 1.82) is 0 Å². The van der Waals surface area contributed by atoms with Gasteiger partial charge in [-0.1, -0.05) is 158 Å². The number of aliphatic imine (C=N–C) groups is 2. The first-order valence-corrected chi connectivity index (χ1v) is 23.2. The second-order valence-corrected chi connectivity index (χ2v) is 16.7. The quantitative estimate of drug-likeness (QED) is 0.0191. The van der Waals surface area contributed by atoms with Crippen molar-refractivity contribution in [1.82, 2.24) is 0 Å². The SMILES string of the molecule is COCCOCOc1ccc([C@H](ON=S2CC(CC(=O)O)=NC2=NC(c2ccccc2)(c2ccccc2)c2ccccc2)C(=O)OC(c2ccccc2)c2ccccc2)cc1OCOCCOC. The maximum Gasteiger partial charge on any atom is 0.343 e. The summed E-state index contributed by atoms with van der Waals surface area (Å²) in [5.74, 6) is -1.23. The first-order chi connectivity index (χ1) is 33.4. The van der Waals surface area contributed by atoms with Crippen molar-refractivity contribution in [2.45, 2.75) is 24.2 Å². The number of carboxylic acid groups (broad SMARTS) is 1. The fourth-order valence-corrected chi connectivity index (χ4v) is 8.75. The lowest BCUT2D eigenvalue weighted by Crippen LogP contribution is -2.29. The van der Waals surface area contributed by atoms with E-state index < -0.39 is 40.4 Å². The van der Waals surface area contributed by atoms with Crippen LogP contribution in [-0.4, -0.2) is 87.9 Å². The molecule has 14 nitrogen and oxygen atoms in total. The van der Waals surface area contributed by atoms with Gasteiger partial charge in [-0.3, -0.25) is 4.79 Å². The highest BCUT2D eigenvalue weighted by Gasteiger charge is 2.39. The molecule has 68 heavy (non-hydrogen) atoms. The Morgan fingerprint density at radius 2 is 1.12 bits per heavy atom. The zero-order valence-corrected chi connectivity index (χ0v) is 38.6. The van der Waals surface area contributed by atoms with E-state index in [9.17, 15) is 14.7 Å². The summed E-state index contributed by atoms with van der Waals surface area (Å²) in [7, 11) is 1.81. The highest BCUT2D eigenvalue weighted by molar-refractivity contribution is 8.03. The summed E-state index contributed by atoms with van der Waals surface area (Å²) in [6, 6.07) is 53.1. The third-order valence-electron chi connectivity index (χ3n) is 10.6. The Morgan fingerprint density at radius 1 is 0.632 bits per heavy atom. The number of carboxylic acids is 1. The van der Waals surface area contributed by atoms with Crippen LogP contribution in [0.3, 0.4) is 0 Å². The molecule has 0 spiro atoms. The van der Waals surface area contributed by atoms with Gasteiger partial charge >= 0.3 is 11.9 Å². The van der Waals surface area contributed by atoms with Crippen molar-refractivity contribution in [2.24, 2.45) is 14.5 Å². The Morgan fingerprint density at radius 3 is 1.60 bits per heavy atom. The molecule has 0 aliphatic carbocycles. The fraction of sp³-hybridized carbons (Fsp3) is 0.245. The van der Waals surface area contributed by atoms with Crippen molar-refractivity contribution in [3.05, 3.63) is 203 Å². The highest BCUT2D eigenvalue weighted by Crippen LogP contribution is 2.42. The molecule has 1 aliphatic heterocycles. The molecule has 6 aromatic rings. The van der Waals surface area contributed by atoms with Crippen LogP contribution in [0.5, 0.6) is 11.5 Å². The summed E-state index contributed by atoms with van der Waals surface area (Å²) in [6.45, 7) is 1.00. The predicted octanol–water partition coefficient (Wildman–Crippen LogP) is 9.07. The molecule has 1 unspecified atom stereocenters. The van der Waals surface area contributed by atoms with E-state index in [1.54, 1.807) is 32.4 Å². The normalized spacial score (nSPS) is 14.7. The molecule has 6 aromatic carbocycles. The molecule has 0 amide bonds. The number of hydrogen-bond donors (Lipinski definition) is 1. The molecule has 0 fully saturated rings. The summed E-state index contributed by atoms with van der Waals surface area (Å²) >= 11 is 0. The van der Waals surface area contributed by atoms with Gasteiger partial charge in [0.1, 0.15) is 5.54 Å². The number of nitrogens with zero attached hydrogens (tertiary/aromatic N) is 3. The number of esters is 1. The van der Waals surface area contributed by atoms with Gasteiger partial charge in [-0.05, 0) is 45.5 Å². The minimum atomic E-state index is -1.49. The summed E-state index contributed by atoms with van der Waals surface area (Å²) in [6.07, 6.45) is -2.67. The Hall–Kier alpha value is -6.85. The van der Waals surface area contributed by atoms with Crippen LogP contribution >= 0.6 is 0 Å². The van der Waals surface area contributed by atoms with Gasteiger partial charge in [0, 0.05) is 30.6 Å². The number of carbonyl (C=O) groups is 2.